The van der Waals surface area contributed by atoms with Crippen molar-refractivity contribution < 1.29 is 17.6 Å². The van der Waals surface area contributed by atoms with Crippen LogP contribution in [0, 0.1) is 3.57 Å². The number of benzene rings is 1. The van der Waals surface area contributed by atoms with E-state index in [2.05, 4.69) is 67.6 Å². The van der Waals surface area contributed by atoms with Crippen molar-refractivity contribution in [3.8, 4) is 0 Å². The van der Waals surface area contributed by atoms with Gasteiger partial charge in [-0.25, -0.2) is 0 Å². The lowest BCUT2D eigenvalue weighted by molar-refractivity contribution is -0.237. The molecule has 0 bridgehead atoms. The van der Waals surface area contributed by atoms with Gasteiger partial charge in [-0.3, -0.25) is 0 Å². The van der Waals surface area contributed by atoms with E-state index in [1.807, 2.05) is 0 Å². The minimum Gasteiger partial charge on any atom is -0.140 e. The smallest absolute Gasteiger partial charge is 0.140 e. The first kappa shape index (κ1) is 15.7. The molecule has 0 unspecified atom stereocenters. The van der Waals surface area contributed by atoms with Crippen molar-refractivity contribution in [1.29, 1.82) is 0 Å². The Balaban J connectivity index is 0.000000385. The van der Waals surface area contributed by atoms with Crippen LogP contribution in [0.25, 0.3) is 0 Å². The Bertz CT molecular complexity index is 302. The molecule has 0 nitrogen and oxygen atoms in total. The van der Waals surface area contributed by atoms with E-state index in [1.165, 1.54) is 9.13 Å². The molecule has 0 heterocycles. The van der Waals surface area contributed by atoms with Gasteiger partial charge in [0.25, 0.3) is 0 Å². The van der Waals surface area contributed by atoms with Crippen molar-refractivity contribution in [3.63, 3.8) is 0 Å². The molecule has 0 radical (unpaired) electrons. The SMILES string of the molecule is CC(C)(C)c1ccc(I)cc1.FC(F)(F)F. The molecule has 0 spiro atoms. The zero-order valence-electron chi connectivity index (χ0n) is 9.20. The molecule has 0 aromatic heterocycles. The Labute approximate surface area is 106 Å². The van der Waals surface area contributed by atoms with E-state index >= 15 is 0 Å². The number of rotatable bonds is 0. The fraction of sp³-hybridized carbons (Fsp3) is 0.455. The molecular weight excluding hydrogens is 335 g/mol. The van der Waals surface area contributed by atoms with Crippen LogP contribution in [0.2, 0.25) is 0 Å². The lowest BCUT2D eigenvalue weighted by atomic mass is 9.87. The summed E-state index contributed by atoms with van der Waals surface area (Å²) in [6.07, 6.45) is -5.50. The van der Waals surface area contributed by atoms with Crippen molar-refractivity contribution in [3.05, 3.63) is 33.4 Å². The highest BCUT2D eigenvalue weighted by Gasteiger charge is 2.24. The van der Waals surface area contributed by atoms with Gasteiger partial charge in [0.05, 0.1) is 0 Å². The molecular formula is C11H13F4I. The summed E-state index contributed by atoms with van der Waals surface area (Å²) in [5.41, 5.74) is 1.68. The zero-order chi connectivity index (χ0) is 13.0. The summed E-state index contributed by atoms with van der Waals surface area (Å²) in [6, 6.07) is 8.70. The van der Waals surface area contributed by atoms with Gasteiger partial charge in [0.2, 0.25) is 0 Å². The second kappa shape index (κ2) is 5.84. The summed E-state index contributed by atoms with van der Waals surface area (Å²) >= 11 is 2.32. The third kappa shape index (κ3) is 8.94. The molecule has 0 saturated heterocycles. The van der Waals surface area contributed by atoms with Crippen LogP contribution in [0.15, 0.2) is 24.3 Å². The van der Waals surface area contributed by atoms with Gasteiger partial charge in [-0.1, -0.05) is 32.9 Å². The Morgan fingerprint density at radius 2 is 1.19 bits per heavy atom. The van der Waals surface area contributed by atoms with Crippen LogP contribution >= 0.6 is 22.6 Å². The van der Waals surface area contributed by atoms with E-state index in [0.717, 1.165) is 0 Å². The fourth-order valence-electron chi connectivity index (χ4n) is 0.950. The van der Waals surface area contributed by atoms with Crippen LogP contribution in [0.5, 0.6) is 0 Å². The first-order chi connectivity index (χ1) is 7.00. The molecule has 0 aliphatic carbocycles. The predicted molar refractivity (Wildman–Crippen MR) is 65.0 cm³/mol. The first-order valence-corrected chi connectivity index (χ1v) is 5.60. The van der Waals surface area contributed by atoms with Crippen LogP contribution < -0.4 is 0 Å². The molecule has 0 saturated carbocycles. The normalized spacial score (nSPS) is 11.8. The van der Waals surface area contributed by atoms with Gasteiger partial charge >= 0.3 is 6.43 Å². The topological polar surface area (TPSA) is 0 Å². The second-order valence-corrected chi connectivity index (χ2v) is 5.43. The van der Waals surface area contributed by atoms with Crippen molar-refractivity contribution >= 4 is 22.6 Å². The van der Waals surface area contributed by atoms with E-state index in [0.29, 0.717) is 0 Å². The Morgan fingerprint density at radius 3 is 1.44 bits per heavy atom. The Morgan fingerprint density at radius 1 is 0.875 bits per heavy atom. The number of halogens is 5. The Kier molecular flexibility index (Phi) is 5.72. The lowest BCUT2D eigenvalue weighted by Crippen LogP contribution is -2.10. The molecule has 0 amide bonds. The predicted octanol–water partition coefficient (Wildman–Crippen LogP) is 5.06. The summed E-state index contributed by atoms with van der Waals surface area (Å²) < 4.78 is 40.1. The van der Waals surface area contributed by atoms with Gasteiger partial charge in [0, 0.05) is 3.57 Å². The summed E-state index contributed by atoms with van der Waals surface area (Å²) in [5.74, 6) is 0. The van der Waals surface area contributed by atoms with Gasteiger partial charge in [-0.15, -0.1) is 17.6 Å². The maximum absolute atomic E-state index is 9.69. The monoisotopic (exact) mass is 348 g/mol. The summed E-state index contributed by atoms with van der Waals surface area (Å²) in [5, 5.41) is 0. The summed E-state index contributed by atoms with van der Waals surface area (Å²) in [7, 11) is 0. The van der Waals surface area contributed by atoms with Crippen LogP contribution in [-0.2, 0) is 5.41 Å². The molecule has 16 heavy (non-hydrogen) atoms. The molecule has 5 heteroatoms. The van der Waals surface area contributed by atoms with E-state index in [1.54, 1.807) is 0 Å². The van der Waals surface area contributed by atoms with Gasteiger partial charge in [-0.05, 0) is 45.7 Å². The standard InChI is InChI=1S/C10H13I.CF4/c1-10(2,3)8-4-6-9(11)7-5-8;2-1(3,4)5/h4-7H,1-3H3;. The average molecular weight is 348 g/mol. The second-order valence-electron chi connectivity index (χ2n) is 4.19. The third-order valence-corrected chi connectivity index (χ3v) is 2.43. The molecule has 92 valence electrons. The number of hydrogen-bond acceptors (Lipinski definition) is 0. The minimum atomic E-state index is -5.50. The number of alkyl halides is 4. The molecule has 1 aromatic rings. The lowest BCUT2D eigenvalue weighted by Gasteiger charge is -2.18. The van der Waals surface area contributed by atoms with E-state index in [-0.39, 0.29) is 5.41 Å². The summed E-state index contributed by atoms with van der Waals surface area (Å²) in [6.45, 7) is 6.69. The summed E-state index contributed by atoms with van der Waals surface area (Å²) in [4.78, 5) is 0. The van der Waals surface area contributed by atoms with Gasteiger partial charge in [0.15, 0.2) is 0 Å². The third-order valence-electron chi connectivity index (χ3n) is 1.71. The van der Waals surface area contributed by atoms with Gasteiger partial charge < -0.3 is 0 Å². The van der Waals surface area contributed by atoms with E-state index in [4.69, 9.17) is 0 Å². The Hall–Kier alpha value is -0.330. The van der Waals surface area contributed by atoms with Crippen LogP contribution in [0.4, 0.5) is 17.6 Å². The highest BCUT2D eigenvalue weighted by molar-refractivity contribution is 14.1. The quantitative estimate of drug-likeness (QED) is 0.454. The van der Waals surface area contributed by atoms with Crippen molar-refractivity contribution in [1.82, 2.24) is 0 Å². The average Bonchev–Trinajstić information content (AvgIpc) is 1.99. The van der Waals surface area contributed by atoms with Crippen molar-refractivity contribution in [2.24, 2.45) is 0 Å². The number of hydrogen-bond donors (Lipinski definition) is 0. The molecule has 0 fully saturated rings. The van der Waals surface area contributed by atoms with Crippen LogP contribution in [0.1, 0.15) is 26.3 Å². The molecule has 1 rings (SSSR count). The van der Waals surface area contributed by atoms with Gasteiger partial charge in [-0.2, -0.15) is 0 Å². The van der Waals surface area contributed by atoms with Crippen LogP contribution in [0.3, 0.4) is 0 Å². The highest BCUT2D eigenvalue weighted by Crippen LogP contribution is 2.22. The van der Waals surface area contributed by atoms with Gasteiger partial charge in [0.1, 0.15) is 0 Å². The van der Waals surface area contributed by atoms with Crippen molar-refractivity contribution in [2.75, 3.05) is 0 Å². The molecule has 1 aromatic carbocycles. The highest BCUT2D eigenvalue weighted by atomic mass is 127. The van der Waals surface area contributed by atoms with E-state index in [9.17, 15) is 17.6 Å². The van der Waals surface area contributed by atoms with E-state index < -0.39 is 6.43 Å². The van der Waals surface area contributed by atoms with Crippen LogP contribution in [-0.4, -0.2) is 6.43 Å². The van der Waals surface area contributed by atoms with Crippen molar-refractivity contribution in [2.45, 2.75) is 32.6 Å². The minimum absolute atomic E-state index is 0.282. The largest absolute Gasteiger partial charge is 0.559 e. The molecule has 0 atom stereocenters. The fourth-order valence-corrected chi connectivity index (χ4v) is 1.31. The maximum atomic E-state index is 9.69. The maximum Gasteiger partial charge on any atom is 0.559 e. The molecule has 0 N–H and O–H groups in total. The zero-order valence-corrected chi connectivity index (χ0v) is 11.4. The molecule has 0 aliphatic rings. The molecule has 0 aliphatic heterocycles. The first-order valence-electron chi connectivity index (χ1n) is 4.52.